The molecule has 0 saturated heterocycles. The van der Waals surface area contributed by atoms with Gasteiger partial charge in [-0.05, 0) is 36.2 Å². The normalized spacial score (nSPS) is 11.6. The maximum Gasteiger partial charge on any atom is 0.298 e. The van der Waals surface area contributed by atoms with E-state index in [9.17, 15) is 4.79 Å². The van der Waals surface area contributed by atoms with Crippen molar-refractivity contribution in [3.05, 3.63) is 101 Å². The van der Waals surface area contributed by atoms with Gasteiger partial charge in [0.05, 0.1) is 13.2 Å². The van der Waals surface area contributed by atoms with Crippen LogP contribution in [0.2, 0.25) is 0 Å². The number of nitrogens with zero attached hydrogens (tertiary/aromatic N) is 2. The highest BCUT2D eigenvalue weighted by molar-refractivity contribution is 7.07. The molecule has 4 rings (SSSR count). The van der Waals surface area contributed by atoms with Crippen LogP contribution in [0, 0.1) is 0 Å². The van der Waals surface area contributed by atoms with Crippen molar-refractivity contribution in [3.8, 4) is 16.7 Å². The van der Waals surface area contributed by atoms with Gasteiger partial charge in [-0.25, -0.2) is 0 Å². The largest absolute Gasteiger partial charge is 0.493 e. The summed E-state index contributed by atoms with van der Waals surface area (Å²) in [5.41, 5.74) is 2.63. The van der Waals surface area contributed by atoms with Gasteiger partial charge < -0.3 is 14.8 Å². The number of benzene rings is 3. The molecule has 7 heteroatoms. The number of nitrogens with one attached hydrogen (secondary N) is 1. The second-order valence-corrected chi connectivity index (χ2v) is 7.93. The Balaban J connectivity index is 1.48. The van der Waals surface area contributed by atoms with E-state index in [-0.39, 0.29) is 11.9 Å². The van der Waals surface area contributed by atoms with Crippen molar-refractivity contribution in [2.45, 2.75) is 19.4 Å². The summed E-state index contributed by atoms with van der Waals surface area (Å²) in [7, 11) is 1.56. The molecule has 32 heavy (non-hydrogen) atoms. The van der Waals surface area contributed by atoms with Crippen LogP contribution in [0.1, 0.15) is 40.3 Å². The monoisotopic (exact) mass is 445 g/mol. The van der Waals surface area contributed by atoms with Crippen LogP contribution < -0.4 is 14.8 Å². The summed E-state index contributed by atoms with van der Waals surface area (Å²) in [6, 6.07) is 24.8. The fourth-order valence-electron chi connectivity index (χ4n) is 3.23. The molecule has 0 saturated carbocycles. The SMILES string of the molecule is COc1ccc(C(=O)NC(C)c2ccccc2)cc1Oc1nc(Cc2ccccc2)ns1. The lowest BCUT2D eigenvalue weighted by Gasteiger charge is -2.15. The summed E-state index contributed by atoms with van der Waals surface area (Å²) >= 11 is 1.17. The van der Waals surface area contributed by atoms with E-state index in [1.165, 1.54) is 11.5 Å². The van der Waals surface area contributed by atoms with E-state index >= 15 is 0 Å². The molecule has 0 fully saturated rings. The van der Waals surface area contributed by atoms with E-state index in [0.717, 1.165) is 11.1 Å². The maximum absolute atomic E-state index is 12.8. The fourth-order valence-corrected chi connectivity index (χ4v) is 3.79. The van der Waals surface area contributed by atoms with Crippen LogP contribution in [0.4, 0.5) is 0 Å². The van der Waals surface area contributed by atoms with Crippen molar-refractivity contribution in [3.63, 3.8) is 0 Å². The van der Waals surface area contributed by atoms with Gasteiger partial charge in [0.25, 0.3) is 11.1 Å². The Kier molecular flexibility index (Phi) is 6.77. The zero-order valence-corrected chi connectivity index (χ0v) is 18.6. The Hall–Kier alpha value is -3.71. The van der Waals surface area contributed by atoms with Gasteiger partial charge in [-0.15, -0.1) is 0 Å². The summed E-state index contributed by atoms with van der Waals surface area (Å²) < 4.78 is 15.7. The molecule has 0 aliphatic carbocycles. The van der Waals surface area contributed by atoms with Gasteiger partial charge in [0.15, 0.2) is 17.3 Å². The average molecular weight is 446 g/mol. The minimum Gasteiger partial charge on any atom is -0.493 e. The van der Waals surface area contributed by atoms with Crippen molar-refractivity contribution >= 4 is 17.4 Å². The number of hydrogen-bond donors (Lipinski definition) is 1. The molecule has 162 valence electrons. The molecule has 0 bridgehead atoms. The van der Waals surface area contributed by atoms with Crippen LogP contribution in [0.3, 0.4) is 0 Å². The molecule has 1 heterocycles. The van der Waals surface area contributed by atoms with E-state index in [1.54, 1.807) is 25.3 Å². The Labute approximate surface area is 191 Å². The Morgan fingerprint density at radius 3 is 2.44 bits per heavy atom. The minimum atomic E-state index is -0.198. The maximum atomic E-state index is 12.8. The molecule has 6 nitrogen and oxygen atoms in total. The Morgan fingerprint density at radius 2 is 1.72 bits per heavy atom. The quantitative estimate of drug-likeness (QED) is 0.392. The molecule has 0 radical (unpaired) electrons. The molecule has 1 N–H and O–H groups in total. The number of hydrogen-bond acceptors (Lipinski definition) is 6. The van der Waals surface area contributed by atoms with Crippen LogP contribution in [0.25, 0.3) is 0 Å². The highest BCUT2D eigenvalue weighted by Gasteiger charge is 2.16. The van der Waals surface area contributed by atoms with Crippen molar-refractivity contribution in [1.82, 2.24) is 14.7 Å². The van der Waals surface area contributed by atoms with E-state index in [2.05, 4.69) is 14.7 Å². The van der Waals surface area contributed by atoms with Gasteiger partial charge in [0.1, 0.15) is 0 Å². The average Bonchev–Trinajstić information content (AvgIpc) is 3.26. The first kappa shape index (κ1) is 21.5. The molecule has 1 unspecified atom stereocenters. The van der Waals surface area contributed by atoms with E-state index < -0.39 is 0 Å². The van der Waals surface area contributed by atoms with Crippen molar-refractivity contribution in [2.24, 2.45) is 0 Å². The van der Waals surface area contributed by atoms with E-state index in [1.807, 2.05) is 67.6 Å². The van der Waals surface area contributed by atoms with Crippen LogP contribution in [-0.4, -0.2) is 22.4 Å². The number of carbonyl (C=O) groups is 1. The molecule has 0 spiro atoms. The number of amides is 1. The van der Waals surface area contributed by atoms with Crippen molar-refractivity contribution in [2.75, 3.05) is 7.11 Å². The standard InChI is InChI=1S/C25H23N3O3S/c1-17(19-11-7-4-8-12-19)26-24(29)20-13-14-21(30-2)22(16-20)31-25-27-23(28-32-25)15-18-9-5-3-6-10-18/h3-14,16-17H,15H2,1-2H3,(H,26,29). The van der Waals surface area contributed by atoms with Gasteiger partial charge in [0, 0.05) is 23.5 Å². The summed E-state index contributed by atoms with van der Waals surface area (Å²) in [5.74, 6) is 1.41. The molecule has 0 aliphatic rings. The molecule has 1 amide bonds. The van der Waals surface area contributed by atoms with Crippen molar-refractivity contribution < 1.29 is 14.3 Å². The lowest BCUT2D eigenvalue weighted by molar-refractivity contribution is 0.0939. The summed E-state index contributed by atoms with van der Waals surface area (Å²) in [6.45, 7) is 1.95. The smallest absolute Gasteiger partial charge is 0.298 e. The first-order valence-corrected chi connectivity index (χ1v) is 11.0. The highest BCUT2D eigenvalue weighted by atomic mass is 32.1. The van der Waals surface area contributed by atoms with Gasteiger partial charge >= 0.3 is 0 Å². The van der Waals surface area contributed by atoms with Crippen LogP contribution in [-0.2, 0) is 6.42 Å². The minimum absolute atomic E-state index is 0.126. The van der Waals surface area contributed by atoms with Gasteiger partial charge in [-0.2, -0.15) is 9.36 Å². The second-order valence-electron chi connectivity index (χ2n) is 7.21. The third kappa shape index (κ3) is 5.31. The molecule has 1 aromatic heterocycles. The second kappa shape index (κ2) is 10.1. The molecule has 1 atom stereocenters. The fraction of sp³-hybridized carbons (Fsp3) is 0.160. The molecular formula is C25H23N3O3S. The molecular weight excluding hydrogens is 422 g/mol. The van der Waals surface area contributed by atoms with Gasteiger partial charge in [0.2, 0.25) is 0 Å². The first-order chi connectivity index (χ1) is 15.6. The van der Waals surface area contributed by atoms with Gasteiger partial charge in [-0.1, -0.05) is 60.7 Å². The van der Waals surface area contributed by atoms with Crippen molar-refractivity contribution in [1.29, 1.82) is 0 Å². The first-order valence-electron chi connectivity index (χ1n) is 10.2. The summed E-state index contributed by atoms with van der Waals surface area (Å²) in [5, 5.41) is 3.40. The topological polar surface area (TPSA) is 73.3 Å². The van der Waals surface area contributed by atoms with Crippen LogP contribution >= 0.6 is 11.5 Å². The van der Waals surface area contributed by atoms with E-state index in [4.69, 9.17) is 9.47 Å². The Bertz CT molecular complexity index is 1180. The Morgan fingerprint density at radius 1 is 1.00 bits per heavy atom. The molecule has 0 aliphatic heterocycles. The van der Waals surface area contributed by atoms with E-state index in [0.29, 0.717) is 34.5 Å². The lowest BCUT2D eigenvalue weighted by atomic mass is 10.1. The number of ether oxygens (including phenoxy) is 2. The number of aromatic nitrogens is 2. The predicted octanol–water partition coefficient (Wildman–Crippen LogP) is 5.42. The predicted molar refractivity (Wildman–Crippen MR) is 125 cm³/mol. The summed E-state index contributed by atoms with van der Waals surface area (Å²) in [4.78, 5) is 17.3. The van der Waals surface area contributed by atoms with Gasteiger partial charge in [-0.3, -0.25) is 4.79 Å². The number of rotatable bonds is 8. The summed E-state index contributed by atoms with van der Waals surface area (Å²) in [6.07, 6.45) is 0.623. The zero-order valence-electron chi connectivity index (χ0n) is 17.8. The lowest BCUT2D eigenvalue weighted by Crippen LogP contribution is -2.26. The number of methoxy groups -OCH3 is 1. The van der Waals surface area contributed by atoms with Crippen LogP contribution in [0.5, 0.6) is 16.7 Å². The third-order valence-electron chi connectivity index (χ3n) is 4.92. The van der Waals surface area contributed by atoms with Crippen LogP contribution in [0.15, 0.2) is 78.9 Å². The third-order valence-corrected chi connectivity index (χ3v) is 5.56. The zero-order chi connectivity index (χ0) is 22.3. The molecule has 3 aromatic carbocycles. The number of carbonyl (C=O) groups excluding carboxylic acids is 1. The molecule has 4 aromatic rings. The highest BCUT2D eigenvalue weighted by Crippen LogP contribution is 2.33.